The minimum Gasteiger partial charge on any atom is -0.337 e. The van der Waals surface area contributed by atoms with Gasteiger partial charge in [-0.15, -0.1) is 0 Å². The van der Waals surface area contributed by atoms with E-state index in [1.807, 2.05) is 4.90 Å². The van der Waals surface area contributed by atoms with Gasteiger partial charge in [0.05, 0.1) is 0 Å². The number of hydrogen-bond donors (Lipinski definition) is 1. The molecule has 2 saturated heterocycles. The summed E-state index contributed by atoms with van der Waals surface area (Å²) in [4.78, 5) is 52.4. The lowest BCUT2D eigenvalue weighted by molar-refractivity contribution is -0.136. The van der Waals surface area contributed by atoms with Gasteiger partial charge < -0.3 is 9.80 Å². The number of imide groups is 1. The standard InChI is InChI=1S/C21H25N3O4/c1-3-21(4-2)11-23(12-21)19(27)13-5-6-15-14(9-13)10-24(20(15)28)16-7-8-17(25)22-18(16)26/h5-6,9,16H,3-4,7-8,10-12H2,1-2H3,(H,22,25,26). The molecule has 28 heavy (non-hydrogen) atoms. The van der Waals surface area contributed by atoms with Gasteiger partial charge in [-0.3, -0.25) is 24.5 Å². The van der Waals surface area contributed by atoms with Gasteiger partial charge in [-0.05, 0) is 43.0 Å². The average molecular weight is 383 g/mol. The highest BCUT2D eigenvalue weighted by Gasteiger charge is 2.43. The second-order valence-corrected chi connectivity index (χ2v) is 8.14. The van der Waals surface area contributed by atoms with E-state index in [2.05, 4.69) is 19.2 Å². The maximum atomic E-state index is 12.8. The predicted octanol–water partition coefficient (Wildman–Crippen LogP) is 1.71. The summed E-state index contributed by atoms with van der Waals surface area (Å²) >= 11 is 0. The molecule has 0 aliphatic carbocycles. The van der Waals surface area contributed by atoms with Crippen LogP contribution in [0.25, 0.3) is 0 Å². The largest absolute Gasteiger partial charge is 0.337 e. The molecule has 7 nitrogen and oxygen atoms in total. The smallest absolute Gasteiger partial charge is 0.255 e. The Labute approximate surface area is 164 Å². The molecular weight excluding hydrogens is 358 g/mol. The van der Waals surface area contributed by atoms with Crippen molar-refractivity contribution >= 4 is 23.6 Å². The number of benzene rings is 1. The number of piperidine rings is 1. The van der Waals surface area contributed by atoms with Crippen LogP contribution in [0.15, 0.2) is 18.2 Å². The number of likely N-dealkylation sites (tertiary alicyclic amines) is 1. The topological polar surface area (TPSA) is 86.8 Å². The van der Waals surface area contributed by atoms with Crippen LogP contribution in [0.5, 0.6) is 0 Å². The molecule has 3 heterocycles. The third-order valence-electron chi connectivity index (χ3n) is 6.61. The zero-order valence-corrected chi connectivity index (χ0v) is 16.3. The minimum absolute atomic E-state index is 0.00719. The summed E-state index contributed by atoms with van der Waals surface area (Å²) in [6.45, 7) is 6.16. The van der Waals surface area contributed by atoms with E-state index in [-0.39, 0.29) is 36.1 Å². The average Bonchev–Trinajstić information content (AvgIpc) is 2.97. The molecule has 7 heteroatoms. The zero-order valence-electron chi connectivity index (χ0n) is 16.3. The van der Waals surface area contributed by atoms with E-state index < -0.39 is 11.9 Å². The molecule has 1 unspecified atom stereocenters. The molecule has 4 amide bonds. The normalized spacial score (nSPS) is 23.4. The number of rotatable bonds is 4. The Morgan fingerprint density at radius 3 is 2.54 bits per heavy atom. The molecule has 3 aliphatic rings. The van der Waals surface area contributed by atoms with Gasteiger partial charge in [0.25, 0.3) is 11.8 Å². The molecule has 0 aromatic heterocycles. The van der Waals surface area contributed by atoms with Crippen molar-refractivity contribution in [3.05, 3.63) is 34.9 Å². The summed E-state index contributed by atoms with van der Waals surface area (Å²) < 4.78 is 0. The van der Waals surface area contributed by atoms with Gasteiger partial charge in [0.15, 0.2) is 0 Å². The molecule has 0 saturated carbocycles. The number of nitrogens with one attached hydrogen (secondary N) is 1. The number of carbonyl (C=O) groups excluding carboxylic acids is 4. The first kappa shape index (κ1) is 18.7. The van der Waals surface area contributed by atoms with E-state index in [0.717, 1.165) is 31.5 Å². The summed E-state index contributed by atoms with van der Waals surface area (Å²) in [7, 11) is 0. The van der Waals surface area contributed by atoms with Crippen LogP contribution in [0, 0.1) is 5.41 Å². The number of nitrogens with zero attached hydrogens (tertiary/aromatic N) is 2. The van der Waals surface area contributed by atoms with Gasteiger partial charge >= 0.3 is 0 Å². The van der Waals surface area contributed by atoms with Crippen molar-refractivity contribution in [2.75, 3.05) is 13.1 Å². The van der Waals surface area contributed by atoms with Gasteiger partial charge in [-0.25, -0.2) is 0 Å². The van der Waals surface area contributed by atoms with Crippen LogP contribution >= 0.6 is 0 Å². The lowest BCUT2D eigenvalue weighted by Gasteiger charge is -2.49. The highest BCUT2D eigenvalue weighted by Crippen LogP contribution is 2.38. The highest BCUT2D eigenvalue weighted by molar-refractivity contribution is 6.06. The van der Waals surface area contributed by atoms with E-state index in [1.165, 1.54) is 4.90 Å². The van der Waals surface area contributed by atoms with Crippen molar-refractivity contribution in [3.8, 4) is 0 Å². The third kappa shape index (κ3) is 2.89. The summed E-state index contributed by atoms with van der Waals surface area (Å²) in [6.07, 6.45) is 2.69. The van der Waals surface area contributed by atoms with E-state index in [9.17, 15) is 19.2 Å². The van der Waals surface area contributed by atoms with Crippen molar-refractivity contribution in [1.29, 1.82) is 0 Å². The van der Waals surface area contributed by atoms with Crippen LogP contribution in [0.2, 0.25) is 0 Å². The molecule has 0 bridgehead atoms. The van der Waals surface area contributed by atoms with Gasteiger partial charge in [-0.1, -0.05) is 13.8 Å². The summed E-state index contributed by atoms with van der Waals surface area (Å²) in [5.41, 5.74) is 2.11. The molecule has 0 radical (unpaired) electrons. The molecule has 4 rings (SSSR count). The fourth-order valence-electron chi connectivity index (χ4n) is 4.49. The molecule has 1 N–H and O–H groups in total. The Kier molecular flexibility index (Phi) is 4.48. The number of amides is 4. The monoisotopic (exact) mass is 383 g/mol. The van der Waals surface area contributed by atoms with Crippen LogP contribution in [0.4, 0.5) is 0 Å². The molecule has 1 aromatic carbocycles. The lowest BCUT2D eigenvalue weighted by Crippen LogP contribution is -2.57. The van der Waals surface area contributed by atoms with Gasteiger partial charge in [0.2, 0.25) is 11.8 Å². The van der Waals surface area contributed by atoms with Gasteiger partial charge in [-0.2, -0.15) is 0 Å². The number of hydrogen-bond acceptors (Lipinski definition) is 4. The Balaban J connectivity index is 1.49. The third-order valence-corrected chi connectivity index (χ3v) is 6.61. The molecule has 2 fully saturated rings. The highest BCUT2D eigenvalue weighted by atomic mass is 16.2. The minimum atomic E-state index is -0.637. The van der Waals surface area contributed by atoms with Crippen LogP contribution < -0.4 is 5.32 Å². The van der Waals surface area contributed by atoms with Crippen molar-refractivity contribution in [1.82, 2.24) is 15.1 Å². The van der Waals surface area contributed by atoms with Crippen LogP contribution in [0.1, 0.15) is 65.8 Å². The Morgan fingerprint density at radius 2 is 1.89 bits per heavy atom. The molecular formula is C21H25N3O4. The second-order valence-electron chi connectivity index (χ2n) is 8.14. The van der Waals surface area contributed by atoms with Gasteiger partial charge in [0, 0.05) is 42.6 Å². The summed E-state index contributed by atoms with van der Waals surface area (Å²) in [5.74, 6) is -0.955. The Hall–Kier alpha value is -2.70. The van der Waals surface area contributed by atoms with Crippen molar-refractivity contribution in [2.45, 2.75) is 52.1 Å². The first-order chi connectivity index (χ1) is 13.4. The number of fused-ring (bicyclic) bond motifs is 1. The van der Waals surface area contributed by atoms with E-state index in [1.54, 1.807) is 18.2 Å². The summed E-state index contributed by atoms with van der Waals surface area (Å²) in [5, 5.41) is 2.30. The van der Waals surface area contributed by atoms with Crippen LogP contribution in [0.3, 0.4) is 0 Å². The molecule has 148 valence electrons. The Bertz CT molecular complexity index is 866. The maximum Gasteiger partial charge on any atom is 0.255 e. The maximum absolute atomic E-state index is 12.8. The second kappa shape index (κ2) is 6.72. The van der Waals surface area contributed by atoms with Crippen molar-refractivity contribution in [2.24, 2.45) is 5.41 Å². The molecule has 3 aliphatic heterocycles. The van der Waals surface area contributed by atoms with Crippen molar-refractivity contribution in [3.63, 3.8) is 0 Å². The molecule has 0 spiro atoms. The Morgan fingerprint density at radius 1 is 1.18 bits per heavy atom. The quantitative estimate of drug-likeness (QED) is 0.802. The van der Waals surface area contributed by atoms with Gasteiger partial charge in [0.1, 0.15) is 6.04 Å². The number of carbonyl (C=O) groups is 4. The molecule has 1 aromatic rings. The fraction of sp³-hybridized carbons (Fsp3) is 0.524. The predicted molar refractivity (Wildman–Crippen MR) is 101 cm³/mol. The first-order valence-electron chi connectivity index (χ1n) is 9.94. The molecule has 1 atom stereocenters. The SMILES string of the molecule is CCC1(CC)CN(C(=O)c2ccc3c(c2)CN(C2CCC(=O)NC2=O)C3=O)C1. The fourth-order valence-corrected chi connectivity index (χ4v) is 4.49. The summed E-state index contributed by atoms with van der Waals surface area (Å²) in [6, 6.07) is 4.52. The van der Waals surface area contributed by atoms with Crippen LogP contribution in [-0.2, 0) is 16.1 Å². The van der Waals surface area contributed by atoms with E-state index in [0.29, 0.717) is 17.5 Å². The zero-order chi connectivity index (χ0) is 20.1. The lowest BCUT2D eigenvalue weighted by atomic mass is 9.75. The van der Waals surface area contributed by atoms with E-state index >= 15 is 0 Å². The van der Waals surface area contributed by atoms with E-state index in [4.69, 9.17) is 0 Å². The van der Waals surface area contributed by atoms with Crippen LogP contribution in [-0.4, -0.2) is 52.6 Å². The van der Waals surface area contributed by atoms with Crippen molar-refractivity contribution < 1.29 is 19.2 Å². The first-order valence-corrected chi connectivity index (χ1v) is 9.94.